The molecule has 2 N–H and O–H groups in total. The number of benzene rings is 1. The molecule has 0 aliphatic rings. The van der Waals surface area contributed by atoms with E-state index in [4.69, 9.17) is 0 Å². The van der Waals surface area contributed by atoms with Gasteiger partial charge in [0.1, 0.15) is 5.75 Å². The van der Waals surface area contributed by atoms with Gasteiger partial charge >= 0.3 is 6.36 Å². The largest absolute Gasteiger partial charge is 0.573 e. The van der Waals surface area contributed by atoms with Crippen LogP contribution in [0.3, 0.4) is 0 Å². The number of aromatic amines is 1. The van der Waals surface area contributed by atoms with Crippen molar-refractivity contribution in [1.82, 2.24) is 14.7 Å². The highest BCUT2D eigenvalue weighted by Crippen LogP contribution is 2.23. The number of H-pyrrole nitrogens is 1. The van der Waals surface area contributed by atoms with Crippen LogP contribution in [0.1, 0.15) is 18.5 Å². The summed E-state index contributed by atoms with van der Waals surface area (Å²) in [6.07, 6.45) is 0.605. The molecule has 24 heavy (non-hydrogen) atoms. The van der Waals surface area contributed by atoms with Crippen LogP contribution in [0.2, 0.25) is 0 Å². The van der Waals surface area contributed by atoms with Crippen LogP contribution in [-0.2, 0) is 16.4 Å². The zero-order valence-corrected chi connectivity index (χ0v) is 13.3. The van der Waals surface area contributed by atoms with Crippen molar-refractivity contribution >= 4 is 10.0 Å². The molecule has 0 atom stereocenters. The maximum absolute atomic E-state index is 12.1. The fraction of sp³-hybridized carbons (Fsp3) is 0.357. The Morgan fingerprint density at radius 3 is 2.46 bits per heavy atom. The molecule has 0 radical (unpaired) electrons. The standard InChI is InChI=1S/C14H16F3N3O3S/c15-14(16,17)23-12-4-6-13(7-5-12)24(21,22)20-8-2-1-3-11-9-18-10-19-11/h4-7,9-10,20H,1-3,8H2,(H,18,19). The zero-order valence-electron chi connectivity index (χ0n) is 12.5. The summed E-state index contributed by atoms with van der Waals surface area (Å²) in [7, 11) is -3.76. The molecule has 0 unspecified atom stereocenters. The average Bonchev–Trinajstić information content (AvgIpc) is 2.99. The van der Waals surface area contributed by atoms with Gasteiger partial charge in [0.05, 0.1) is 11.2 Å². The Bertz CT molecular complexity index is 729. The number of hydrogen-bond acceptors (Lipinski definition) is 4. The first-order chi connectivity index (χ1) is 11.3. The Kier molecular flexibility index (Phi) is 5.84. The number of alkyl halides is 3. The summed E-state index contributed by atoms with van der Waals surface area (Å²) in [4.78, 5) is 6.71. The Labute approximate surface area is 137 Å². The summed E-state index contributed by atoms with van der Waals surface area (Å²) in [5.41, 5.74) is 0.970. The first kappa shape index (κ1) is 18.3. The van der Waals surface area contributed by atoms with Crippen LogP contribution < -0.4 is 9.46 Å². The number of nitrogens with zero attached hydrogens (tertiary/aromatic N) is 1. The van der Waals surface area contributed by atoms with Crippen molar-refractivity contribution in [1.29, 1.82) is 0 Å². The Hall–Kier alpha value is -2.07. The highest BCUT2D eigenvalue weighted by molar-refractivity contribution is 7.89. The number of ether oxygens (including phenoxy) is 1. The first-order valence-electron chi connectivity index (χ1n) is 7.09. The van der Waals surface area contributed by atoms with Crippen LogP contribution in [0, 0.1) is 0 Å². The molecule has 2 rings (SSSR count). The van der Waals surface area contributed by atoms with E-state index < -0.39 is 22.1 Å². The van der Waals surface area contributed by atoms with Gasteiger partial charge < -0.3 is 9.72 Å². The van der Waals surface area contributed by atoms with Crippen LogP contribution in [0.5, 0.6) is 5.75 Å². The number of hydrogen-bond donors (Lipinski definition) is 2. The summed E-state index contributed by atoms with van der Waals surface area (Å²) >= 11 is 0. The van der Waals surface area contributed by atoms with Gasteiger partial charge in [-0.15, -0.1) is 13.2 Å². The van der Waals surface area contributed by atoms with E-state index in [1.165, 1.54) is 0 Å². The number of rotatable bonds is 8. The highest BCUT2D eigenvalue weighted by Gasteiger charge is 2.31. The molecule has 0 aliphatic heterocycles. The molecule has 1 aromatic heterocycles. The second-order valence-corrected chi connectivity index (χ2v) is 6.72. The van der Waals surface area contributed by atoms with Crippen molar-refractivity contribution in [2.45, 2.75) is 30.5 Å². The lowest BCUT2D eigenvalue weighted by atomic mass is 10.2. The summed E-state index contributed by atoms with van der Waals surface area (Å²) in [6.45, 7) is 0.233. The van der Waals surface area contributed by atoms with E-state index in [-0.39, 0.29) is 11.4 Å². The third kappa shape index (κ3) is 5.85. The fourth-order valence-corrected chi connectivity index (χ4v) is 3.05. The number of unbranched alkanes of at least 4 members (excludes halogenated alkanes) is 1. The van der Waals surface area contributed by atoms with Crippen molar-refractivity contribution in [2.75, 3.05) is 6.54 Å². The fourth-order valence-electron chi connectivity index (χ4n) is 1.97. The van der Waals surface area contributed by atoms with E-state index in [1.807, 2.05) is 0 Å². The molecule has 10 heteroatoms. The summed E-state index contributed by atoms with van der Waals surface area (Å²) < 4.78 is 66.3. The maximum atomic E-state index is 12.1. The van der Waals surface area contributed by atoms with Crippen LogP contribution in [-0.4, -0.2) is 31.3 Å². The molecule has 0 fully saturated rings. The number of halogens is 3. The molecule has 6 nitrogen and oxygen atoms in total. The van der Waals surface area contributed by atoms with E-state index in [0.29, 0.717) is 6.42 Å². The third-order valence-electron chi connectivity index (χ3n) is 3.09. The Morgan fingerprint density at radius 2 is 1.88 bits per heavy atom. The topological polar surface area (TPSA) is 84.1 Å². The predicted octanol–water partition coefficient (Wildman–Crippen LogP) is 2.61. The predicted molar refractivity (Wildman–Crippen MR) is 79.8 cm³/mol. The number of aromatic nitrogens is 2. The van der Waals surface area contributed by atoms with Gasteiger partial charge in [-0.05, 0) is 43.5 Å². The number of imidazole rings is 1. The summed E-state index contributed by atoms with van der Waals surface area (Å²) in [5, 5.41) is 0. The van der Waals surface area contributed by atoms with Crippen molar-refractivity contribution in [3.63, 3.8) is 0 Å². The lowest BCUT2D eigenvalue weighted by Gasteiger charge is -2.10. The van der Waals surface area contributed by atoms with Gasteiger partial charge in [-0.25, -0.2) is 18.1 Å². The molecular weight excluding hydrogens is 347 g/mol. The number of nitrogens with one attached hydrogen (secondary N) is 2. The van der Waals surface area contributed by atoms with Gasteiger partial charge in [0.2, 0.25) is 10.0 Å². The maximum Gasteiger partial charge on any atom is 0.573 e. The first-order valence-corrected chi connectivity index (χ1v) is 8.57. The molecule has 0 bridgehead atoms. The van der Waals surface area contributed by atoms with E-state index >= 15 is 0 Å². The molecule has 132 valence electrons. The molecular formula is C14H16F3N3O3S. The molecule has 1 aromatic carbocycles. The van der Waals surface area contributed by atoms with Crippen LogP contribution in [0.15, 0.2) is 41.7 Å². The minimum absolute atomic E-state index is 0.120. The van der Waals surface area contributed by atoms with E-state index in [2.05, 4.69) is 19.4 Å². The lowest BCUT2D eigenvalue weighted by molar-refractivity contribution is -0.274. The highest BCUT2D eigenvalue weighted by atomic mass is 32.2. The van der Waals surface area contributed by atoms with Crippen molar-refractivity contribution in [3.05, 3.63) is 42.5 Å². The molecule has 0 saturated heterocycles. The van der Waals surface area contributed by atoms with Crippen molar-refractivity contribution in [3.8, 4) is 5.75 Å². The van der Waals surface area contributed by atoms with E-state index in [0.717, 1.165) is 42.8 Å². The molecule has 0 aliphatic carbocycles. The van der Waals surface area contributed by atoms with Gasteiger partial charge in [-0.2, -0.15) is 0 Å². The Morgan fingerprint density at radius 1 is 1.17 bits per heavy atom. The molecule has 2 aromatic rings. The third-order valence-corrected chi connectivity index (χ3v) is 4.56. The van der Waals surface area contributed by atoms with Crippen LogP contribution in [0.25, 0.3) is 0 Å². The minimum atomic E-state index is -4.81. The normalized spacial score (nSPS) is 12.3. The minimum Gasteiger partial charge on any atom is -0.406 e. The second-order valence-electron chi connectivity index (χ2n) is 4.95. The van der Waals surface area contributed by atoms with Gasteiger partial charge in [-0.3, -0.25) is 0 Å². The SMILES string of the molecule is O=S(=O)(NCCCCc1cnc[nH]1)c1ccc(OC(F)(F)F)cc1. The molecule has 0 saturated carbocycles. The van der Waals surface area contributed by atoms with Gasteiger partial charge in [0, 0.05) is 18.4 Å². The smallest absolute Gasteiger partial charge is 0.406 e. The molecule has 0 amide bonds. The zero-order chi connectivity index (χ0) is 17.6. The monoisotopic (exact) mass is 363 g/mol. The van der Waals surface area contributed by atoms with Crippen LogP contribution in [0.4, 0.5) is 13.2 Å². The van der Waals surface area contributed by atoms with Crippen molar-refractivity contribution < 1.29 is 26.3 Å². The van der Waals surface area contributed by atoms with E-state index in [9.17, 15) is 21.6 Å². The Balaban J connectivity index is 1.81. The van der Waals surface area contributed by atoms with Crippen molar-refractivity contribution in [2.24, 2.45) is 0 Å². The second kappa shape index (κ2) is 7.67. The summed E-state index contributed by atoms with van der Waals surface area (Å²) in [6, 6.07) is 4.04. The van der Waals surface area contributed by atoms with E-state index in [1.54, 1.807) is 12.5 Å². The summed E-state index contributed by atoms with van der Waals surface area (Å²) in [5.74, 6) is -0.471. The van der Waals surface area contributed by atoms with Gasteiger partial charge in [0.15, 0.2) is 0 Å². The average molecular weight is 363 g/mol. The number of aryl methyl sites for hydroxylation is 1. The van der Waals surface area contributed by atoms with Gasteiger partial charge in [0.25, 0.3) is 0 Å². The van der Waals surface area contributed by atoms with Gasteiger partial charge in [-0.1, -0.05) is 0 Å². The van der Waals surface area contributed by atoms with Crippen LogP contribution >= 0.6 is 0 Å². The number of sulfonamides is 1. The quantitative estimate of drug-likeness (QED) is 0.706. The lowest BCUT2D eigenvalue weighted by Crippen LogP contribution is -2.25. The molecule has 0 spiro atoms. The molecule has 1 heterocycles.